The van der Waals surface area contributed by atoms with Gasteiger partial charge in [-0.2, -0.15) is 0 Å². The lowest BCUT2D eigenvalue weighted by Gasteiger charge is -2.31. The highest BCUT2D eigenvalue weighted by Crippen LogP contribution is 2.18. The molecular weight excluding hydrogens is 286 g/mol. The molecule has 120 valence electrons. The zero-order valence-corrected chi connectivity index (χ0v) is 12.4. The minimum atomic E-state index is -0.409. The number of nitro benzene ring substituents is 1. The Kier molecular flexibility index (Phi) is 5.71. The third-order valence-electron chi connectivity index (χ3n) is 3.92. The highest BCUT2D eigenvalue weighted by Gasteiger charge is 2.23. The quantitative estimate of drug-likeness (QED) is 0.637. The van der Waals surface area contributed by atoms with Crippen molar-refractivity contribution >= 4 is 11.7 Å². The van der Waals surface area contributed by atoms with Crippen molar-refractivity contribution in [2.75, 3.05) is 26.2 Å². The molecule has 22 heavy (non-hydrogen) atoms. The average Bonchev–Trinajstić information content (AvgIpc) is 2.55. The van der Waals surface area contributed by atoms with Gasteiger partial charge < -0.3 is 15.3 Å². The van der Waals surface area contributed by atoms with Crippen LogP contribution in [-0.2, 0) is 6.42 Å². The van der Waals surface area contributed by atoms with Crippen LogP contribution in [0.15, 0.2) is 24.3 Å². The number of hydrogen-bond donors (Lipinski definition) is 2. The molecule has 0 aromatic heterocycles. The van der Waals surface area contributed by atoms with Crippen LogP contribution in [-0.4, -0.2) is 47.2 Å². The molecule has 0 aliphatic carbocycles. The SMILES string of the molecule is O=C(NCCc1ccccc1[N+](=O)[O-])N1CCC[C@@H](CO)C1. The molecule has 1 heterocycles. The van der Waals surface area contributed by atoms with Crippen LogP contribution in [0.2, 0.25) is 0 Å². The molecule has 0 unspecified atom stereocenters. The third kappa shape index (κ3) is 4.17. The van der Waals surface area contributed by atoms with Crippen molar-refractivity contribution in [3.05, 3.63) is 39.9 Å². The number of rotatable bonds is 5. The maximum atomic E-state index is 12.1. The predicted octanol–water partition coefficient (Wildman–Crippen LogP) is 1.55. The fraction of sp³-hybridized carbons (Fsp3) is 0.533. The van der Waals surface area contributed by atoms with E-state index in [1.54, 1.807) is 23.1 Å². The van der Waals surface area contributed by atoms with Crippen LogP contribution in [0.25, 0.3) is 0 Å². The van der Waals surface area contributed by atoms with Crippen LogP contribution in [0.4, 0.5) is 10.5 Å². The van der Waals surface area contributed by atoms with Crippen molar-refractivity contribution in [3.8, 4) is 0 Å². The van der Waals surface area contributed by atoms with Gasteiger partial charge in [-0.15, -0.1) is 0 Å². The molecule has 7 nitrogen and oxygen atoms in total. The summed E-state index contributed by atoms with van der Waals surface area (Å²) in [6, 6.07) is 6.38. The van der Waals surface area contributed by atoms with Crippen molar-refractivity contribution < 1.29 is 14.8 Å². The standard InChI is InChI=1S/C15H21N3O4/c19-11-12-4-3-9-17(10-12)15(20)16-8-7-13-5-1-2-6-14(13)18(21)22/h1-2,5-6,12,19H,3-4,7-11H2,(H,16,20)/t12-/m1/s1. The number of aliphatic hydroxyl groups is 1. The molecule has 1 aromatic carbocycles. The number of benzene rings is 1. The molecule has 0 saturated carbocycles. The summed E-state index contributed by atoms with van der Waals surface area (Å²) in [7, 11) is 0. The van der Waals surface area contributed by atoms with Gasteiger partial charge in [0.05, 0.1) is 4.92 Å². The van der Waals surface area contributed by atoms with Crippen LogP contribution in [0.1, 0.15) is 18.4 Å². The average molecular weight is 307 g/mol. The van der Waals surface area contributed by atoms with Crippen molar-refractivity contribution in [2.24, 2.45) is 5.92 Å². The van der Waals surface area contributed by atoms with E-state index in [0.29, 0.717) is 31.6 Å². The summed E-state index contributed by atoms with van der Waals surface area (Å²) in [4.78, 5) is 24.3. The number of likely N-dealkylation sites (tertiary alicyclic amines) is 1. The second-order valence-corrected chi connectivity index (χ2v) is 5.50. The number of piperidine rings is 1. The topological polar surface area (TPSA) is 95.7 Å². The number of amides is 2. The van der Waals surface area contributed by atoms with Crippen molar-refractivity contribution in [1.82, 2.24) is 10.2 Å². The lowest BCUT2D eigenvalue weighted by Crippen LogP contribution is -2.46. The Bertz CT molecular complexity index is 535. The van der Waals surface area contributed by atoms with Crippen LogP contribution < -0.4 is 5.32 Å². The van der Waals surface area contributed by atoms with Crippen molar-refractivity contribution in [1.29, 1.82) is 0 Å². The summed E-state index contributed by atoms with van der Waals surface area (Å²) in [6.07, 6.45) is 2.25. The molecule has 1 aromatic rings. The first-order valence-corrected chi connectivity index (χ1v) is 7.47. The molecule has 2 amide bonds. The van der Waals surface area contributed by atoms with E-state index in [4.69, 9.17) is 0 Å². The molecule has 2 rings (SSSR count). The molecular formula is C15H21N3O4. The van der Waals surface area contributed by atoms with Crippen LogP contribution in [0, 0.1) is 16.0 Å². The van der Waals surface area contributed by atoms with E-state index in [-0.39, 0.29) is 24.2 Å². The van der Waals surface area contributed by atoms with Gasteiger partial charge in [0.15, 0.2) is 0 Å². The van der Waals surface area contributed by atoms with Gasteiger partial charge in [0.1, 0.15) is 0 Å². The van der Waals surface area contributed by atoms with E-state index >= 15 is 0 Å². The van der Waals surface area contributed by atoms with Gasteiger partial charge in [-0.25, -0.2) is 4.79 Å². The van der Waals surface area contributed by atoms with Gasteiger partial charge in [-0.05, 0) is 25.2 Å². The Morgan fingerprint density at radius 1 is 1.45 bits per heavy atom. The Labute approximate surface area is 129 Å². The zero-order chi connectivity index (χ0) is 15.9. The summed E-state index contributed by atoms with van der Waals surface area (Å²) in [5.74, 6) is 0.148. The lowest BCUT2D eigenvalue weighted by atomic mass is 9.99. The van der Waals surface area contributed by atoms with E-state index < -0.39 is 4.92 Å². The minimum absolute atomic E-state index is 0.0788. The fourth-order valence-electron chi connectivity index (χ4n) is 2.71. The summed E-state index contributed by atoms with van der Waals surface area (Å²) in [5.41, 5.74) is 0.690. The first kappa shape index (κ1) is 16.2. The first-order valence-electron chi connectivity index (χ1n) is 7.47. The van der Waals surface area contributed by atoms with E-state index in [9.17, 15) is 20.0 Å². The maximum Gasteiger partial charge on any atom is 0.317 e. The largest absolute Gasteiger partial charge is 0.396 e. The predicted molar refractivity (Wildman–Crippen MR) is 81.6 cm³/mol. The molecule has 1 aliphatic heterocycles. The number of urea groups is 1. The Morgan fingerprint density at radius 3 is 2.95 bits per heavy atom. The Hall–Kier alpha value is -2.15. The monoisotopic (exact) mass is 307 g/mol. The summed E-state index contributed by atoms with van der Waals surface area (Å²) in [5, 5.41) is 22.9. The number of hydrogen-bond acceptors (Lipinski definition) is 4. The van der Waals surface area contributed by atoms with Gasteiger partial charge in [0.2, 0.25) is 0 Å². The molecule has 0 bridgehead atoms. The number of nitrogens with one attached hydrogen (secondary N) is 1. The summed E-state index contributed by atoms with van der Waals surface area (Å²) < 4.78 is 0. The zero-order valence-electron chi connectivity index (χ0n) is 12.4. The molecule has 0 radical (unpaired) electrons. The Balaban J connectivity index is 1.83. The summed E-state index contributed by atoms with van der Waals surface area (Å²) >= 11 is 0. The molecule has 1 atom stereocenters. The highest BCUT2D eigenvalue weighted by atomic mass is 16.6. The van der Waals surface area contributed by atoms with Crippen molar-refractivity contribution in [3.63, 3.8) is 0 Å². The van der Waals surface area contributed by atoms with E-state index in [1.165, 1.54) is 6.07 Å². The van der Waals surface area contributed by atoms with Crippen LogP contribution >= 0.6 is 0 Å². The minimum Gasteiger partial charge on any atom is -0.396 e. The van der Waals surface area contributed by atoms with Crippen LogP contribution in [0.3, 0.4) is 0 Å². The van der Waals surface area contributed by atoms with E-state index in [2.05, 4.69) is 5.32 Å². The molecule has 2 N–H and O–H groups in total. The molecule has 0 spiro atoms. The Morgan fingerprint density at radius 2 is 2.23 bits per heavy atom. The fourth-order valence-corrected chi connectivity index (χ4v) is 2.71. The van der Waals surface area contributed by atoms with Gasteiger partial charge >= 0.3 is 6.03 Å². The first-order chi connectivity index (χ1) is 10.6. The number of para-hydroxylation sites is 1. The highest BCUT2D eigenvalue weighted by molar-refractivity contribution is 5.74. The number of carbonyl (C=O) groups is 1. The second-order valence-electron chi connectivity index (χ2n) is 5.50. The number of nitro groups is 1. The van der Waals surface area contributed by atoms with E-state index in [1.807, 2.05) is 0 Å². The normalized spacial score (nSPS) is 18.0. The van der Waals surface area contributed by atoms with Crippen LogP contribution in [0.5, 0.6) is 0 Å². The molecule has 1 saturated heterocycles. The molecule has 7 heteroatoms. The van der Waals surface area contributed by atoms with Gasteiger partial charge in [0, 0.05) is 37.9 Å². The van der Waals surface area contributed by atoms with E-state index in [0.717, 1.165) is 12.8 Å². The summed E-state index contributed by atoms with van der Waals surface area (Å²) in [6.45, 7) is 1.70. The van der Waals surface area contributed by atoms with Gasteiger partial charge in [-0.3, -0.25) is 10.1 Å². The number of carbonyl (C=O) groups excluding carboxylic acids is 1. The van der Waals surface area contributed by atoms with Crippen molar-refractivity contribution in [2.45, 2.75) is 19.3 Å². The second kappa shape index (κ2) is 7.74. The number of nitrogens with zero attached hydrogens (tertiary/aromatic N) is 2. The maximum absolute atomic E-state index is 12.1. The van der Waals surface area contributed by atoms with Gasteiger partial charge in [0.25, 0.3) is 5.69 Å². The number of aliphatic hydroxyl groups excluding tert-OH is 1. The lowest BCUT2D eigenvalue weighted by molar-refractivity contribution is -0.385. The third-order valence-corrected chi connectivity index (χ3v) is 3.92. The smallest absolute Gasteiger partial charge is 0.317 e. The molecule has 1 aliphatic rings. The molecule has 1 fully saturated rings. The van der Waals surface area contributed by atoms with Gasteiger partial charge in [-0.1, -0.05) is 18.2 Å².